The molecule has 0 bridgehead atoms. The molecule has 29 heavy (non-hydrogen) atoms. The van der Waals surface area contributed by atoms with Crippen LogP contribution in [0.1, 0.15) is 63.0 Å². The van der Waals surface area contributed by atoms with E-state index in [-0.39, 0.29) is 0 Å². The van der Waals surface area contributed by atoms with Crippen molar-refractivity contribution in [1.29, 1.82) is 0 Å². The molecular weight excluding hydrogens is 383 g/mol. The van der Waals surface area contributed by atoms with Gasteiger partial charge in [-0.15, -0.1) is 0 Å². The summed E-state index contributed by atoms with van der Waals surface area (Å²) in [6, 6.07) is 12.3. The molecule has 5 heteroatoms. The second-order valence-electron chi connectivity index (χ2n) is 8.62. The first-order chi connectivity index (χ1) is 13.6. The Morgan fingerprint density at radius 2 is 1.24 bits per heavy atom. The molecule has 0 radical (unpaired) electrons. The van der Waals surface area contributed by atoms with Crippen LogP contribution in [0.4, 0.5) is 22.0 Å². The molecule has 2 aromatic carbocycles. The van der Waals surface area contributed by atoms with Crippen LogP contribution >= 0.6 is 0 Å². The number of alkyl halides is 5. The highest BCUT2D eigenvalue weighted by atomic mass is 19.4. The molecular formula is C24H27F5. The third kappa shape index (κ3) is 4.99. The fraction of sp³-hybridized carbons (Fsp3) is 0.500. The second-order valence-corrected chi connectivity index (χ2v) is 8.62. The highest BCUT2D eigenvalue weighted by Crippen LogP contribution is 2.44. The molecule has 158 valence electrons. The summed E-state index contributed by atoms with van der Waals surface area (Å²) in [6.07, 6.45) is 0.550. The Balaban J connectivity index is 1.66. The van der Waals surface area contributed by atoms with E-state index in [1.807, 2.05) is 12.1 Å². The van der Waals surface area contributed by atoms with Crippen LogP contribution in [0.15, 0.2) is 48.5 Å². The van der Waals surface area contributed by atoms with Gasteiger partial charge in [0.2, 0.25) is 0 Å². The molecule has 0 N–H and O–H groups in total. The van der Waals surface area contributed by atoms with Crippen molar-refractivity contribution in [3.63, 3.8) is 0 Å². The zero-order valence-electron chi connectivity index (χ0n) is 16.8. The summed E-state index contributed by atoms with van der Waals surface area (Å²) in [5.74, 6) is -2.75. The molecule has 0 heterocycles. The molecule has 0 amide bonds. The highest BCUT2D eigenvalue weighted by molar-refractivity contribution is 5.64. The Labute approximate surface area is 169 Å². The smallest absolute Gasteiger partial charge is 0.191 e. The van der Waals surface area contributed by atoms with Gasteiger partial charge in [-0.1, -0.05) is 62.4 Å². The number of hydrogen-bond donors (Lipinski definition) is 0. The van der Waals surface area contributed by atoms with Gasteiger partial charge in [-0.25, -0.2) is 0 Å². The van der Waals surface area contributed by atoms with E-state index in [0.717, 1.165) is 29.5 Å². The molecule has 0 saturated heterocycles. The summed E-state index contributed by atoms with van der Waals surface area (Å²) in [7, 11) is 0. The lowest BCUT2D eigenvalue weighted by molar-refractivity contribution is -0.289. The Hall–Kier alpha value is -1.91. The monoisotopic (exact) mass is 410 g/mol. The average molecular weight is 410 g/mol. The molecule has 1 fully saturated rings. The number of benzene rings is 2. The molecule has 0 unspecified atom stereocenters. The van der Waals surface area contributed by atoms with Gasteiger partial charge in [-0.05, 0) is 66.5 Å². The molecule has 2 aromatic rings. The maximum atomic E-state index is 13.4. The minimum atomic E-state index is -5.59. The van der Waals surface area contributed by atoms with E-state index in [2.05, 4.69) is 26.0 Å². The van der Waals surface area contributed by atoms with Gasteiger partial charge in [0, 0.05) is 5.56 Å². The van der Waals surface area contributed by atoms with Crippen molar-refractivity contribution in [3.8, 4) is 11.1 Å². The van der Waals surface area contributed by atoms with Crippen LogP contribution in [-0.2, 0) is 5.92 Å². The van der Waals surface area contributed by atoms with E-state index in [0.29, 0.717) is 11.5 Å². The third-order valence-corrected chi connectivity index (χ3v) is 5.97. The van der Waals surface area contributed by atoms with Gasteiger partial charge in [0.1, 0.15) is 0 Å². The SMILES string of the molecule is CC(C)CC1CCC(c2ccc(-c3ccc(C(F)(F)C(F)(F)F)cc3)cc2)CC1. The topological polar surface area (TPSA) is 0 Å². The molecule has 0 spiro atoms. The van der Waals surface area contributed by atoms with Gasteiger partial charge >= 0.3 is 12.1 Å². The highest BCUT2D eigenvalue weighted by Gasteiger charge is 2.58. The summed E-state index contributed by atoms with van der Waals surface area (Å²) in [5, 5.41) is 0. The first-order valence-corrected chi connectivity index (χ1v) is 10.2. The van der Waals surface area contributed by atoms with Crippen molar-refractivity contribution in [1.82, 2.24) is 0 Å². The van der Waals surface area contributed by atoms with Crippen molar-refractivity contribution in [2.75, 3.05) is 0 Å². The normalized spacial score (nSPS) is 20.8. The Morgan fingerprint density at radius 3 is 1.69 bits per heavy atom. The van der Waals surface area contributed by atoms with Gasteiger partial charge in [-0.3, -0.25) is 0 Å². The average Bonchev–Trinajstić information content (AvgIpc) is 2.67. The summed E-state index contributed by atoms with van der Waals surface area (Å²) in [5.41, 5.74) is 1.67. The molecule has 1 saturated carbocycles. The Kier molecular flexibility index (Phi) is 6.35. The van der Waals surface area contributed by atoms with E-state index < -0.39 is 17.7 Å². The zero-order chi connectivity index (χ0) is 21.2. The van der Waals surface area contributed by atoms with Crippen LogP contribution in [0, 0.1) is 11.8 Å². The third-order valence-electron chi connectivity index (χ3n) is 5.97. The first-order valence-electron chi connectivity index (χ1n) is 10.2. The van der Waals surface area contributed by atoms with Crippen LogP contribution in [0.5, 0.6) is 0 Å². The number of hydrogen-bond acceptors (Lipinski definition) is 0. The van der Waals surface area contributed by atoms with Crippen molar-refractivity contribution in [2.24, 2.45) is 11.8 Å². The van der Waals surface area contributed by atoms with Crippen LogP contribution in [-0.4, -0.2) is 6.18 Å². The fourth-order valence-electron chi connectivity index (χ4n) is 4.38. The van der Waals surface area contributed by atoms with E-state index in [1.165, 1.54) is 49.8 Å². The molecule has 0 aliphatic heterocycles. The maximum absolute atomic E-state index is 13.4. The van der Waals surface area contributed by atoms with Gasteiger partial charge in [0.05, 0.1) is 0 Å². The summed E-state index contributed by atoms with van der Waals surface area (Å²) < 4.78 is 64.4. The molecule has 0 nitrogen and oxygen atoms in total. The lowest BCUT2D eigenvalue weighted by Crippen LogP contribution is -2.33. The Bertz CT molecular complexity index is 780. The van der Waals surface area contributed by atoms with Crippen molar-refractivity contribution in [2.45, 2.75) is 64.0 Å². The molecule has 1 aliphatic rings. The van der Waals surface area contributed by atoms with E-state index in [1.54, 1.807) is 0 Å². The predicted molar refractivity (Wildman–Crippen MR) is 106 cm³/mol. The summed E-state index contributed by atoms with van der Waals surface area (Å²) in [4.78, 5) is 0. The standard InChI is InChI=1S/C24H27F5/c1-16(2)15-17-3-5-18(6-4-17)19-7-9-20(10-8-19)21-11-13-22(14-12-21)23(25,26)24(27,28)29/h7-14,16-18H,3-6,15H2,1-2H3. The van der Waals surface area contributed by atoms with Crippen LogP contribution < -0.4 is 0 Å². The molecule has 0 atom stereocenters. The quantitative estimate of drug-likeness (QED) is 0.435. The zero-order valence-corrected chi connectivity index (χ0v) is 16.8. The van der Waals surface area contributed by atoms with E-state index in [9.17, 15) is 22.0 Å². The number of rotatable bonds is 5. The Morgan fingerprint density at radius 1 is 0.759 bits per heavy atom. The van der Waals surface area contributed by atoms with Crippen LogP contribution in [0.2, 0.25) is 0 Å². The van der Waals surface area contributed by atoms with Gasteiger partial charge in [-0.2, -0.15) is 22.0 Å². The van der Waals surface area contributed by atoms with Crippen molar-refractivity contribution in [3.05, 3.63) is 59.7 Å². The predicted octanol–water partition coefficient (Wildman–Crippen LogP) is 8.33. The lowest BCUT2D eigenvalue weighted by Gasteiger charge is -2.29. The van der Waals surface area contributed by atoms with E-state index in [4.69, 9.17) is 0 Å². The lowest BCUT2D eigenvalue weighted by atomic mass is 9.76. The van der Waals surface area contributed by atoms with Crippen molar-refractivity contribution < 1.29 is 22.0 Å². The second kappa shape index (κ2) is 8.45. The van der Waals surface area contributed by atoms with E-state index >= 15 is 0 Å². The molecule has 1 aliphatic carbocycles. The number of halogens is 5. The first kappa shape index (κ1) is 21.8. The van der Waals surface area contributed by atoms with Crippen LogP contribution in [0.3, 0.4) is 0 Å². The molecule has 3 rings (SSSR count). The van der Waals surface area contributed by atoms with Gasteiger partial charge in [0.15, 0.2) is 0 Å². The summed E-state index contributed by atoms with van der Waals surface area (Å²) in [6.45, 7) is 4.53. The summed E-state index contributed by atoms with van der Waals surface area (Å²) >= 11 is 0. The van der Waals surface area contributed by atoms with Crippen molar-refractivity contribution >= 4 is 0 Å². The van der Waals surface area contributed by atoms with Gasteiger partial charge in [0.25, 0.3) is 0 Å². The minimum Gasteiger partial charge on any atom is -0.191 e. The maximum Gasteiger partial charge on any atom is 0.458 e. The molecule has 0 aromatic heterocycles. The fourth-order valence-corrected chi connectivity index (χ4v) is 4.38. The largest absolute Gasteiger partial charge is 0.458 e. The van der Waals surface area contributed by atoms with Gasteiger partial charge < -0.3 is 0 Å². The van der Waals surface area contributed by atoms with Crippen LogP contribution in [0.25, 0.3) is 11.1 Å². The minimum absolute atomic E-state index is 0.542.